The first kappa shape index (κ1) is 17.7. The van der Waals surface area contributed by atoms with Crippen molar-refractivity contribution in [3.63, 3.8) is 0 Å². The van der Waals surface area contributed by atoms with Gasteiger partial charge in [-0.15, -0.1) is 0 Å². The highest BCUT2D eigenvalue weighted by atomic mass is 15.2. The average Bonchev–Trinajstić information content (AvgIpc) is 2.60. The zero-order valence-corrected chi connectivity index (χ0v) is 15.0. The summed E-state index contributed by atoms with van der Waals surface area (Å²) in [5.74, 6) is 0. The van der Waals surface area contributed by atoms with Gasteiger partial charge < -0.3 is 4.90 Å². The van der Waals surface area contributed by atoms with Crippen molar-refractivity contribution in [1.29, 1.82) is 0 Å². The van der Waals surface area contributed by atoms with Crippen molar-refractivity contribution in [2.75, 3.05) is 33.2 Å². The van der Waals surface area contributed by atoms with Crippen molar-refractivity contribution in [2.45, 2.75) is 27.3 Å². The third kappa shape index (κ3) is 5.19. The van der Waals surface area contributed by atoms with Gasteiger partial charge in [0.05, 0.1) is 0 Å². The Hall–Kier alpha value is -1.64. The maximum atomic E-state index is 2.55. The molecule has 0 aromatic heterocycles. The predicted molar refractivity (Wildman–Crippen MR) is 101 cm³/mol. The first-order valence-electron chi connectivity index (χ1n) is 8.77. The average molecular weight is 310 g/mol. The summed E-state index contributed by atoms with van der Waals surface area (Å²) in [6, 6.07) is 17.8. The van der Waals surface area contributed by atoms with E-state index >= 15 is 0 Å². The molecule has 2 nitrogen and oxygen atoms in total. The minimum absolute atomic E-state index is 1.06. The van der Waals surface area contributed by atoms with Gasteiger partial charge in [0, 0.05) is 32.7 Å². The van der Waals surface area contributed by atoms with Gasteiger partial charge in [0.1, 0.15) is 0 Å². The van der Waals surface area contributed by atoms with Crippen LogP contribution in [0.2, 0.25) is 0 Å². The summed E-state index contributed by atoms with van der Waals surface area (Å²) in [5.41, 5.74) is 5.35. The maximum Gasteiger partial charge on any atom is 0.0235 e. The van der Waals surface area contributed by atoms with Crippen molar-refractivity contribution >= 4 is 0 Å². The molecule has 0 radical (unpaired) electrons. The summed E-state index contributed by atoms with van der Waals surface area (Å²) in [6.07, 6.45) is 0. The summed E-state index contributed by atoms with van der Waals surface area (Å²) < 4.78 is 0. The maximum absolute atomic E-state index is 2.55. The van der Waals surface area contributed by atoms with Crippen LogP contribution in [0.5, 0.6) is 0 Å². The number of piperazine rings is 1. The Morgan fingerprint density at radius 1 is 0.826 bits per heavy atom. The normalized spacial score (nSPS) is 15.8. The van der Waals surface area contributed by atoms with E-state index in [1.807, 2.05) is 13.8 Å². The highest BCUT2D eigenvalue weighted by molar-refractivity contribution is 5.64. The largest absolute Gasteiger partial charge is 0.304 e. The van der Waals surface area contributed by atoms with Gasteiger partial charge in [-0.2, -0.15) is 0 Å². The molecule has 1 saturated heterocycles. The van der Waals surface area contributed by atoms with Crippen LogP contribution in [0.1, 0.15) is 25.0 Å². The highest BCUT2D eigenvalue weighted by Crippen LogP contribution is 2.21. The fraction of sp³-hybridized carbons (Fsp3) is 0.429. The topological polar surface area (TPSA) is 6.48 Å². The zero-order chi connectivity index (χ0) is 16.7. The number of rotatable bonds is 3. The van der Waals surface area contributed by atoms with E-state index in [0.29, 0.717) is 0 Å². The van der Waals surface area contributed by atoms with Crippen molar-refractivity contribution < 1.29 is 0 Å². The van der Waals surface area contributed by atoms with Crippen LogP contribution in [0.4, 0.5) is 0 Å². The van der Waals surface area contributed by atoms with Crippen molar-refractivity contribution in [2.24, 2.45) is 0 Å². The van der Waals surface area contributed by atoms with E-state index in [1.54, 1.807) is 0 Å². The number of benzene rings is 2. The van der Waals surface area contributed by atoms with Gasteiger partial charge in [0.2, 0.25) is 0 Å². The third-order valence-corrected chi connectivity index (χ3v) is 4.31. The molecule has 0 N–H and O–H groups in total. The fourth-order valence-electron chi connectivity index (χ4n) is 2.86. The lowest BCUT2D eigenvalue weighted by Gasteiger charge is -2.32. The van der Waals surface area contributed by atoms with Crippen molar-refractivity contribution in [1.82, 2.24) is 9.80 Å². The second kappa shape index (κ2) is 8.85. The number of likely N-dealkylation sites (N-methyl/N-ethyl adjacent to an activating group) is 1. The van der Waals surface area contributed by atoms with E-state index < -0.39 is 0 Å². The standard InChI is InChI=1S/C19H24N2.C2H6/c1-16-6-8-18(9-7-16)19-5-3-4-17(14-19)15-21-12-10-20(2)11-13-21;1-2/h3-9,14H,10-13,15H2,1-2H3;1-2H3. The first-order valence-corrected chi connectivity index (χ1v) is 8.77. The molecule has 2 heteroatoms. The molecule has 124 valence electrons. The second-order valence-corrected chi connectivity index (χ2v) is 6.15. The lowest BCUT2D eigenvalue weighted by atomic mass is 10.0. The summed E-state index contributed by atoms with van der Waals surface area (Å²) in [6.45, 7) is 11.9. The molecule has 1 heterocycles. The predicted octanol–water partition coefficient (Wildman–Crippen LogP) is 4.44. The quantitative estimate of drug-likeness (QED) is 0.827. The number of aryl methyl sites for hydroxylation is 1. The Kier molecular flexibility index (Phi) is 6.82. The van der Waals surface area contributed by atoms with Gasteiger partial charge in [-0.1, -0.05) is 61.9 Å². The van der Waals surface area contributed by atoms with Crippen molar-refractivity contribution in [3.05, 3.63) is 59.7 Å². The minimum Gasteiger partial charge on any atom is -0.304 e. The molecule has 0 amide bonds. The van der Waals surface area contributed by atoms with Crippen LogP contribution >= 0.6 is 0 Å². The Morgan fingerprint density at radius 2 is 1.48 bits per heavy atom. The monoisotopic (exact) mass is 310 g/mol. The number of hydrogen-bond acceptors (Lipinski definition) is 2. The molecule has 0 spiro atoms. The Morgan fingerprint density at radius 3 is 2.13 bits per heavy atom. The molecule has 2 aromatic carbocycles. The van der Waals surface area contributed by atoms with Gasteiger partial charge >= 0.3 is 0 Å². The number of nitrogens with zero attached hydrogens (tertiary/aromatic N) is 2. The van der Waals surface area contributed by atoms with Gasteiger partial charge in [0.25, 0.3) is 0 Å². The fourth-order valence-corrected chi connectivity index (χ4v) is 2.86. The summed E-state index contributed by atoms with van der Waals surface area (Å²) in [7, 11) is 2.20. The lowest BCUT2D eigenvalue weighted by Crippen LogP contribution is -2.43. The van der Waals surface area contributed by atoms with Gasteiger partial charge in [0.15, 0.2) is 0 Å². The zero-order valence-electron chi connectivity index (χ0n) is 15.0. The third-order valence-electron chi connectivity index (χ3n) is 4.31. The molecule has 0 saturated carbocycles. The molecule has 2 aromatic rings. The summed E-state index contributed by atoms with van der Waals surface area (Å²) in [4.78, 5) is 4.95. The molecule has 1 fully saturated rings. The Bertz CT molecular complexity index is 581. The van der Waals surface area contributed by atoms with E-state index in [9.17, 15) is 0 Å². The molecule has 0 atom stereocenters. The first-order chi connectivity index (χ1) is 11.2. The lowest BCUT2D eigenvalue weighted by molar-refractivity contribution is 0.148. The summed E-state index contributed by atoms with van der Waals surface area (Å²) in [5, 5.41) is 0. The Balaban J connectivity index is 0.000000924. The van der Waals surface area contributed by atoms with Gasteiger partial charge in [-0.25, -0.2) is 0 Å². The van der Waals surface area contributed by atoms with Crippen LogP contribution < -0.4 is 0 Å². The minimum atomic E-state index is 1.06. The van der Waals surface area contributed by atoms with Crippen LogP contribution in [-0.2, 0) is 6.54 Å². The molecule has 0 unspecified atom stereocenters. The SMILES string of the molecule is CC.Cc1ccc(-c2cccc(CN3CCN(C)CC3)c2)cc1. The second-order valence-electron chi connectivity index (χ2n) is 6.15. The van der Waals surface area contributed by atoms with Crippen LogP contribution in [0.25, 0.3) is 11.1 Å². The molecule has 23 heavy (non-hydrogen) atoms. The molecular weight excluding hydrogens is 280 g/mol. The van der Waals surface area contributed by atoms with E-state index in [-0.39, 0.29) is 0 Å². The van der Waals surface area contributed by atoms with Crippen LogP contribution in [0, 0.1) is 6.92 Å². The van der Waals surface area contributed by atoms with E-state index in [2.05, 4.69) is 72.3 Å². The molecule has 0 aliphatic carbocycles. The summed E-state index contributed by atoms with van der Waals surface area (Å²) >= 11 is 0. The molecule has 3 rings (SSSR count). The number of hydrogen-bond donors (Lipinski definition) is 0. The van der Waals surface area contributed by atoms with Crippen molar-refractivity contribution in [3.8, 4) is 11.1 Å². The molecule has 0 bridgehead atoms. The Labute approximate surface area is 141 Å². The van der Waals surface area contributed by atoms with E-state index in [0.717, 1.165) is 6.54 Å². The molecule has 1 aliphatic heterocycles. The van der Waals surface area contributed by atoms with Gasteiger partial charge in [-0.05, 0) is 36.7 Å². The highest BCUT2D eigenvalue weighted by Gasteiger charge is 2.13. The smallest absolute Gasteiger partial charge is 0.0235 e. The van der Waals surface area contributed by atoms with Crippen LogP contribution in [0.15, 0.2) is 48.5 Å². The van der Waals surface area contributed by atoms with E-state index in [1.165, 1.54) is 48.4 Å². The molecule has 1 aliphatic rings. The van der Waals surface area contributed by atoms with Crippen LogP contribution in [-0.4, -0.2) is 43.0 Å². The van der Waals surface area contributed by atoms with Gasteiger partial charge in [-0.3, -0.25) is 4.90 Å². The van der Waals surface area contributed by atoms with E-state index in [4.69, 9.17) is 0 Å². The van der Waals surface area contributed by atoms with Crippen LogP contribution in [0.3, 0.4) is 0 Å². The molecular formula is C21H30N2.